The Morgan fingerprint density at radius 3 is 2.69 bits per heavy atom. The number of hydrogen-bond acceptors (Lipinski definition) is 2. The first-order chi connectivity index (χ1) is 6.20. The molecule has 0 unspecified atom stereocenters. The summed E-state index contributed by atoms with van der Waals surface area (Å²) in [6.45, 7) is -1.23. The third kappa shape index (κ3) is 1.89. The topological polar surface area (TPSA) is 43.1 Å². The normalized spacial score (nSPS) is 10.1. The summed E-state index contributed by atoms with van der Waals surface area (Å²) < 4.78 is 25.2. The van der Waals surface area contributed by atoms with Crippen molar-refractivity contribution in [3.8, 4) is 0 Å². The Balaban J connectivity index is 3.20. The highest BCUT2D eigenvalue weighted by atomic mass is 19.1. The zero-order valence-electron chi connectivity index (χ0n) is 6.89. The molecule has 0 saturated carbocycles. The Kier molecular flexibility index (Phi) is 3.08. The number of hydrogen-bond donors (Lipinski definition) is 1. The van der Waals surface area contributed by atoms with Crippen LogP contribution in [0.15, 0.2) is 18.2 Å². The van der Waals surface area contributed by atoms with E-state index in [2.05, 4.69) is 0 Å². The molecule has 0 fully saturated rings. The van der Waals surface area contributed by atoms with E-state index in [-0.39, 0.29) is 17.7 Å². The van der Waals surface area contributed by atoms with Crippen molar-refractivity contribution in [2.45, 2.75) is 6.67 Å². The van der Waals surface area contributed by atoms with Crippen LogP contribution in [0.2, 0.25) is 0 Å². The van der Waals surface area contributed by atoms with Crippen molar-refractivity contribution >= 4 is 5.78 Å². The molecular formula is C9H9F2NO. The molecule has 0 amide bonds. The molecule has 0 heterocycles. The lowest BCUT2D eigenvalue weighted by Crippen LogP contribution is -2.15. The molecule has 2 nitrogen and oxygen atoms in total. The van der Waals surface area contributed by atoms with Crippen LogP contribution in [0, 0.1) is 5.82 Å². The Morgan fingerprint density at radius 2 is 2.15 bits per heavy atom. The van der Waals surface area contributed by atoms with Gasteiger partial charge in [-0.05, 0) is 6.07 Å². The zero-order chi connectivity index (χ0) is 9.84. The van der Waals surface area contributed by atoms with Crippen LogP contribution in [-0.2, 0) is 6.67 Å². The molecule has 0 aliphatic heterocycles. The van der Waals surface area contributed by atoms with Crippen LogP contribution < -0.4 is 5.73 Å². The van der Waals surface area contributed by atoms with Crippen LogP contribution >= 0.6 is 0 Å². The molecule has 0 spiro atoms. The van der Waals surface area contributed by atoms with Crippen molar-refractivity contribution in [3.05, 3.63) is 35.1 Å². The molecule has 1 rings (SSSR count). The Hall–Kier alpha value is -1.29. The zero-order valence-corrected chi connectivity index (χ0v) is 6.89. The van der Waals surface area contributed by atoms with E-state index in [1.54, 1.807) is 0 Å². The summed E-state index contributed by atoms with van der Waals surface area (Å²) in [5, 5.41) is 0. The van der Waals surface area contributed by atoms with Gasteiger partial charge in [0.1, 0.15) is 12.5 Å². The third-order valence-corrected chi connectivity index (χ3v) is 1.74. The number of ketones is 1. The maximum absolute atomic E-state index is 12.9. The lowest BCUT2D eigenvalue weighted by Gasteiger charge is -2.04. The lowest BCUT2D eigenvalue weighted by molar-refractivity contribution is 0.0999. The number of alkyl halides is 1. The summed E-state index contributed by atoms with van der Waals surface area (Å²) in [7, 11) is 0. The van der Waals surface area contributed by atoms with Crippen molar-refractivity contribution in [2.24, 2.45) is 5.73 Å². The Bertz CT molecular complexity index is 325. The first-order valence-corrected chi connectivity index (χ1v) is 3.77. The summed E-state index contributed by atoms with van der Waals surface area (Å²) in [6, 6.07) is 3.84. The monoisotopic (exact) mass is 185 g/mol. The van der Waals surface area contributed by atoms with Crippen molar-refractivity contribution in [1.29, 1.82) is 0 Å². The molecule has 70 valence electrons. The summed E-state index contributed by atoms with van der Waals surface area (Å²) in [5.41, 5.74) is 4.91. The second-order valence-corrected chi connectivity index (χ2v) is 2.53. The predicted octanol–water partition coefficient (Wildman–Crippen LogP) is 1.44. The summed E-state index contributed by atoms with van der Waals surface area (Å²) in [5.74, 6) is -1.16. The number of nitrogens with two attached hydrogens (primary N) is 1. The highest BCUT2D eigenvalue weighted by molar-refractivity contribution is 5.98. The van der Waals surface area contributed by atoms with E-state index < -0.39 is 18.3 Å². The highest BCUT2D eigenvalue weighted by Gasteiger charge is 2.12. The number of rotatable bonds is 3. The van der Waals surface area contributed by atoms with Crippen molar-refractivity contribution in [2.75, 3.05) is 6.54 Å². The molecule has 1 aromatic carbocycles. The second-order valence-electron chi connectivity index (χ2n) is 2.53. The molecule has 1 aromatic rings. The maximum atomic E-state index is 12.9. The van der Waals surface area contributed by atoms with Crippen molar-refractivity contribution < 1.29 is 13.6 Å². The van der Waals surface area contributed by atoms with E-state index in [0.29, 0.717) is 0 Å². The number of carbonyl (C=O) groups is 1. The minimum atomic E-state index is -0.992. The van der Waals surface area contributed by atoms with Crippen LogP contribution in [0.1, 0.15) is 15.9 Å². The molecule has 4 heteroatoms. The third-order valence-electron chi connectivity index (χ3n) is 1.74. The molecular weight excluding hydrogens is 176 g/mol. The molecule has 0 aliphatic rings. The van der Waals surface area contributed by atoms with Gasteiger partial charge in [-0.1, -0.05) is 12.1 Å². The van der Waals surface area contributed by atoms with E-state index in [9.17, 15) is 13.6 Å². The fourth-order valence-electron chi connectivity index (χ4n) is 1.07. The van der Waals surface area contributed by atoms with Gasteiger partial charge in [-0.2, -0.15) is 0 Å². The van der Waals surface area contributed by atoms with Crippen LogP contribution in [0.4, 0.5) is 8.78 Å². The van der Waals surface area contributed by atoms with Crippen LogP contribution in [0.3, 0.4) is 0 Å². The fraction of sp³-hybridized carbons (Fsp3) is 0.222. The van der Waals surface area contributed by atoms with Crippen molar-refractivity contribution in [3.63, 3.8) is 0 Å². The van der Waals surface area contributed by atoms with Crippen LogP contribution in [0.25, 0.3) is 0 Å². The van der Waals surface area contributed by atoms with Crippen LogP contribution in [-0.4, -0.2) is 12.3 Å². The van der Waals surface area contributed by atoms with Gasteiger partial charge in [0.2, 0.25) is 0 Å². The molecule has 0 atom stereocenters. The quantitative estimate of drug-likeness (QED) is 0.724. The summed E-state index contributed by atoms with van der Waals surface area (Å²) in [6.07, 6.45) is 0. The first-order valence-electron chi connectivity index (χ1n) is 3.77. The molecule has 0 aliphatic carbocycles. The summed E-state index contributed by atoms with van der Waals surface area (Å²) >= 11 is 0. The molecule has 0 radical (unpaired) electrons. The minimum Gasteiger partial charge on any atom is -0.324 e. The van der Waals surface area contributed by atoms with E-state index >= 15 is 0 Å². The van der Waals surface area contributed by atoms with Crippen molar-refractivity contribution in [1.82, 2.24) is 0 Å². The van der Waals surface area contributed by atoms with Gasteiger partial charge >= 0.3 is 0 Å². The van der Waals surface area contributed by atoms with Gasteiger partial charge in [-0.15, -0.1) is 0 Å². The number of Topliss-reactive ketones (excluding diaryl/α,β-unsaturated/α-hetero) is 1. The van der Waals surface area contributed by atoms with E-state index in [1.165, 1.54) is 12.1 Å². The molecule has 0 aromatic heterocycles. The van der Waals surface area contributed by atoms with Gasteiger partial charge in [-0.25, -0.2) is 8.78 Å². The minimum absolute atomic E-state index is 0.0324. The lowest BCUT2D eigenvalue weighted by atomic mass is 10.0. The first kappa shape index (κ1) is 9.80. The van der Waals surface area contributed by atoms with E-state index in [0.717, 1.165) is 6.07 Å². The smallest absolute Gasteiger partial charge is 0.176 e. The Morgan fingerprint density at radius 1 is 1.46 bits per heavy atom. The van der Waals surface area contributed by atoms with Gasteiger partial charge in [0.05, 0.1) is 6.54 Å². The number of halogens is 2. The fourth-order valence-corrected chi connectivity index (χ4v) is 1.07. The average molecular weight is 185 g/mol. The summed E-state index contributed by atoms with van der Waals surface area (Å²) in [4.78, 5) is 11.1. The van der Waals surface area contributed by atoms with Gasteiger partial charge in [0.15, 0.2) is 5.78 Å². The maximum Gasteiger partial charge on any atom is 0.176 e. The van der Waals surface area contributed by atoms with E-state index in [4.69, 9.17) is 5.73 Å². The van der Waals surface area contributed by atoms with Gasteiger partial charge < -0.3 is 5.73 Å². The molecule has 0 saturated heterocycles. The van der Waals surface area contributed by atoms with Gasteiger partial charge in [-0.3, -0.25) is 4.79 Å². The Labute approximate surface area is 74.4 Å². The highest BCUT2D eigenvalue weighted by Crippen LogP contribution is 2.15. The van der Waals surface area contributed by atoms with E-state index in [1.807, 2.05) is 0 Å². The second kappa shape index (κ2) is 4.09. The number of carbonyl (C=O) groups excluding carboxylic acids is 1. The standard InChI is InChI=1S/C9H9F2NO/c10-4-7-6(9(13)5-12)2-1-3-8(7)11/h1-3H,4-5,12H2. The van der Waals surface area contributed by atoms with Crippen LogP contribution in [0.5, 0.6) is 0 Å². The van der Waals surface area contributed by atoms with Gasteiger partial charge in [0.25, 0.3) is 0 Å². The SMILES string of the molecule is NCC(=O)c1cccc(F)c1CF. The largest absolute Gasteiger partial charge is 0.324 e. The molecule has 13 heavy (non-hydrogen) atoms. The number of benzene rings is 1. The van der Waals surface area contributed by atoms with Gasteiger partial charge in [0, 0.05) is 11.1 Å². The molecule has 2 N–H and O–H groups in total. The predicted molar refractivity (Wildman–Crippen MR) is 44.6 cm³/mol. The average Bonchev–Trinajstić information content (AvgIpc) is 2.16. The molecule has 0 bridgehead atoms.